The maximum atomic E-state index is 13.4. The summed E-state index contributed by atoms with van der Waals surface area (Å²) in [5.74, 6) is 0.658. The van der Waals surface area contributed by atoms with Crippen LogP contribution in [0, 0.1) is 5.92 Å². The number of fused-ring (bicyclic) bond motifs is 10. The molecule has 1 aromatic carbocycles. The summed E-state index contributed by atoms with van der Waals surface area (Å²) in [6.07, 6.45) is 4.08. The first kappa shape index (κ1) is 26.0. The summed E-state index contributed by atoms with van der Waals surface area (Å²) in [5.41, 5.74) is 4.01. The van der Waals surface area contributed by atoms with Crippen LogP contribution in [0.5, 0.6) is 5.75 Å². The Hall–Kier alpha value is -4.62. The van der Waals surface area contributed by atoms with Gasteiger partial charge >= 0.3 is 12.6 Å². The third kappa shape index (κ3) is 3.91. The number of ether oxygens (including phenoxy) is 1. The summed E-state index contributed by atoms with van der Waals surface area (Å²) >= 11 is 0. The number of halogens is 2. The van der Waals surface area contributed by atoms with E-state index < -0.39 is 6.61 Å². The van der Waals surface area contributed by atoms with Crippen molar-refractivity contribution >= 4 is 29.4 Å². The van der Waals surface area contributed by atoms with Crippen LogP contribution in [0.3, 0.4) is 0 Å². The zero-order valence-electron chi connectivity index (χ0n) is 23.6. The molecule has 14 heteroatoms. The van der Waals surface area contributed by atoms with Crippen molar-refractivity contribution in [2.75, 3.05) is 38.1 Å². The first-order valence-electron chi connectivity index (χ1n) is 14.4. The number of nitrogens with one attached hydrogen (secondary N) is 1. The molecule has 0 saturated carbocycles. The third-order valence-corrected chi connectivity index (χ3v) is 9.35. The molecule has 3 amide bonds. The molecule has 4 aliphatic heterocycles. The molecule has 2 bridgehead atoms. The molecule has 6 heterocycles. The smallest absolute Gasteiger partial charge is 0.387 e. The zero-order chi connectivity index (χ0) is 29.6. The molecular weight excluding hydrogens is 560 g/mol. The summed E-state index contributed by atoms with van der Waals surface area (Å²) in [7, 11) is 1.73. The fourth-order valence-corrected chi connectivity index (χ4v) is 7.31. The highest BCUT2D eigenvalue weighted by Crippen LogP contribution is 2.55. The van der Waals surface area contributed by atoms with Crippen LogP contribution >= 0.6 is 0 Å². The second-order valence-electron chi connectivity index (χ2n) is 11.8. The summed E-state index contributed by atoms with van der Waals surface area (Å²) in [4.78, 5) is 45.4. The zero-order valence-corrected chi connectivity index (χ0v) is 23.6. The number of amides is 3. The van der Waals surface area contributed by atoms with Gasteiger partial charge in [0, 0.05) is 79.7 Å². The van der Waals surface area contributed by atoms with E-state index in [4.69, 9.17) is 14.8 Å². The lowest BCUT2D eigenvalue weighted by atomic mass is 9.89. The fourth-order valence-electron chi connectivity index (χ4n) is 7.31. The predicted octanol–water partition coefficient (Wildman–Crippen LogP) is 2.92. The predicted molar refractivity (Wildman–Crippen MR) is 150 cm³/mol. The van der Waals surface area contributed by atoms with Gasteiger partial charge in [-0.05, 0) is 18.6 Å². The Labute approximate surface area is 245 Å². The molecular formula is C29H29F2N9O3. The maximum absolute atomic E-state index is 13.4. The molecule has 1 aliphatic carbocycles. The molecule has 2 aromatic heterocycles. The molecule has 4 atom stereocenters. The van der Waals surface area contributed by atoms with E-state index in [-0.39, 0.29) is 41.6 Å². The minimum atomic E-state index is -3.02. The second kappa shape index (κ2) is 9.44. The molecule has 0 spiro atoms. The lowest BCUT2D eigenvalue weighted by Crippen LogP contribution is -2.52. The highest BCUT2D eigenvalue weighted by atomic mass is 19.3. The van der Waals surface area contributed by atoms with Crippen molar-refractivity contribution in [3.05, 3.63) is 58.5 Å². The monoisotopic (exact) mass is 589 g/mol. The number of aromatic nitrogens is 4. The van der Waals surface area contributed by atoms with E-state index in [1.807, 2.05) is 9.58 Å². The van der Waals surface area contributed by atoms with Gasteiger partial charge in [0.2, 0.25) is 5.95 Å². The molecule has 5 aliphatic rings. The van der Waals surface area contributed by atoms with Crippen LogP contribution in [-0.2, 0) is 6.54 Å². The molecule has 3 unspecified atom stereocenters. The SMILES string of the molecule is CC1Cn2nc3c(c2N=C1c1cnc(N2CCN4C(=O)NC[C@H]4C2)nc1)C1CC3N(C)C(=O)c2cccc(OC(F)F)c21. The van der Waals surface area contributed by atoms with Crippen LogP contribution in [0.25, 0.3) is 0 Å². The largest absolute Gasteiger partial charge is 0.434 e. The molecule has 43 heavy (non-hydrogen) atoms. The number of aliphatic imine (C=N–C) groups is 1. The van der Waals surface area contributed by atoms with E-state index in [2.05, 4.69) is 27.1 Å². The molecule has 12 nitrogen and oxygen atoms in total. The van der Waals surface area contributed by atoms with Gasteiger partial charge < -0.3 is 24.8 Å². The van der Waals surface area contributed by atoms with Gasteiger partial charge in [-0.3, -0.25) is 4.79 Å². The number of alkyl halides is 2. The highest BCUT2D eigenvalue weighted by Gasteiger charge is 2.48. The number of benzene rings is 1. The molecule has 222 valence electrons. The van der Waals surface area contributed by atoms with Crippen molar-refractivity contribution in [1.82, 2.24) is 34.9 Å². The topological polar surface area (TPSA) is 121 Å². The number of anilines is 1. The van der Waals surface area contributed by atoms with Gasteiger partial charge in [0.05, 0.1) is 30.0 Å². The number of carbonyl (C=O) groups is 2. The molecule has 3 aromatic rings. The number of nitrogens with zero attached hydrogens (tertiary/aromatic N) is 8. The van der Waals surface area contributed by atoms with Crippen LogP contribution in [0.1, 0.15) is 58.0 Å². The number of hydrogen-bond donors (Lipinski definition) is 1. The van der Waals surface area contributed by atoms with Crippen LogP contribution in [0.2, 0.25) is 0 Å². The van der Waals surface area contributed by atoms with Crippen LogP contribution in [-0.4, -0.2) is 93.1 Å². The van der Waals surface area contributed by atoms with E-state index in [1.54, 1.807) is 36.5 Å². The number of rotatable bonds is 4. The number of urea groups is 1. The lowest BCUT2D eigenvalue weighted by Gasteiger charge is -2.36. The highest BCUT2D eigenvalue weighted by molar-refractivity contribution is 6.04. The van der Waals surface area contributed by atoms with Crippen LogP contribution in [0.15, 0.2) is 35.6 Å². The minimum Gasteiger partial charge on any atom is -0.434 e. The van der Waals surface area contributed by atoms with Gasteiger partial charge in [-0.1, -0.05) is 13.0 Å². The van der Waals surface area contributed by atoms with Gasteiger partial charge in [0.25, 0.3) is 5.91 Å². The van der Waals surface area contributed by atoms with Crippen molar-refractivity contribution in [1.29, 1.82) is 0 Å². The average Bonchev–Trinajstić information content (AvgIpc) is 3.65. The van der Waals surface area contributed by atoms with E-state index in [0.717, 1.165) is 22.5 Å². The molecule has 2 saturated heterocycles. The molecule has 8 rings (SSSR count). The third-order valence-electron chi connectivity index (χ3n) is 9.35. The van der Waals surface area contributed by atoms with Crippen molar-refractivity contribution < 1.29 is 23.1 Å². The van der Waals surface area contributed by atoms with Gasteiger partial charge in [-0.2, -0.15) is 13.9 Å². The Morgan fingerprint density at radius 3 is 2.70 bits per heavy atom. The lowest BCUT2D eigenvalue weighted by molar-refractivity contribution is -0.0505. The molecule has 2 fully saturated rings. The minimum absolute atomic E-state index is 0.00338. The van der Waals surface area contributed by atoms with E-state index in [0.29, 0.717) is 62.0 Å². The summed E-state index contributed by atoms with van der Waals surface area (Å²) in [6.45, 7) is 2.17. The Balaban J connectivity index is 1.16. The molecule has 1 N–H and O–H groups in total. The van der Waals surface area contributed by atoms with Gasteiger partial charge in [-0.15, -0.1) is 0 Å². The second-order valence-corrected chi connectivity index (χ2v) is 11.8. The Bertz CT molecular complexity index is 1690. The van der Waals surface area contributed by atoms with Gasteiger partial charge in [-0.25, -0.2) is 24.4 Å². The standard InChI is InChI=1S/C29H29F2N9O3/c1-14-12-40-25(35-23(14)15-9-32-28(33-10-15)38-6-7-39-16(13-38)11-34-29(39)42)22-18-8-19(24(22)36-40)37(2)26(41)17-4-3-5-20(21(17)18)43-27(30)31/h3-5,9-10,14,16,18-19,27H,6-8,11-13H2,1-2H3,(H,34,42)/t14?,16-,18?,19?/m0/s1. The van der Waals surface area contributed by atoms with Gasteiger partial charge in [0.15, 0.2) is 5.82 Å². The molecule has 0 radical (unpaired) electrons. The van der Waals surface area contributed by atoms with Crippen LogP contribution in [0.4, 0.5) is 25.3 Å². The normalized spacial score (nSPS) is 25.6. The first-order chi connectivity index (χ1) is 20.8. The summed E-state index contributed by atoms with van der Waals surface area (Å²) in [6, 6.07) is 4.50. The quantitative estimate of drug-likeness (QED) is 0.497. The Kier molecular flexibility index (Phi) is 5.72. The number of hydrogen-bond acceptors (Lipinski definition) is 8. The van der Waals surface area contributed by atoms with E-state index in [9.17, 15) is 18.4 Å². The maximum Gasteiger partial charge on any atom is 0.387 e. The average molecular weight is 590 g/mol. The Morgan fingerprint density at radius 1 is 1.09 bits per heavy atom. The van der Waals surface area contributed by atoms with E-state index in [1.165, 1.54) is 6.07 Å². The number of carbonyl (C=O) groups excluding carboxylic acids is 2. The van der Waals surface area contributed by atoms with Crippen molar-refractivity contribution in [3.63, 3.8) is 0 Å². The fraction of sp³-hybridized carbons (Fsp3) is 0.448. The van der Waals surface area contributed by atoms with Crippen molar-refractivity contribution in [2.45, 2.75) is 44.5 Å². The summed E-state index contributed by atoms with van der Waals surface area (Å²) < 4.78 is 33.6. The first-order valence-corrected chi connectivity index (χ1v) is 14.4. The summed E-state index contributed by atoms with van der Waals surface area (Å²) in [5, 5.41) is 7.80. The Morgan fingerprint density at radius 2 is 1.91 bits per heavy atom. The van der Waals surface area contributed by atoms with E-state index >= 15 is 0 Å². The van der Waals surface area contributed by atoms with Crippen molar-refractivity contribution in [3.8, 4) is 5.75 Å². The van der Waals surface area contributed by atoms with Gasteiger partial charge in [0.1, 0.15) is 5.75 Å². The number of piperazine rings is 1. The van der Waals surface area contributed by atoms with Crippen LogP contribution < -0.4 is 15.0 Å². The van der Waals surface area contributed by atoms with Crippen molar-refractivity contribution in [2.24, 2.45) is 10.9 Å².